The quantitative estimate of drug-likeness (QED) is 0.190. The molecule has 3 heterocycles. The fraction of sp³-hybridized carbons (Fsp3) is 0.429. The van der Waals surface area contributed by atoms with Crippen LogP contribution in [0.15, 0.2) is 19.1 Å². The molecule has 0 bridgehead atoms. The van der Waals surface area contributed by atoms with Crippen molar-refractivity contribution in [2.75, 3.05) is 12.1 Å². The van der Waals surface area contributed by atoms with E-state index in [4.69, 9.17) is 9.94 Å². The van der Waals surface area contributed by atoms with Crippen molar-refractivity contribution in [3.05, 3.63) is 24.7 Å². The van der Waals surface area contributed by atoms with Gasteiger partial charge in [0.2, 0.25) is 0 Å². The molecule has 1 aliphatic rings. The third-order valence-electron chi connectivity index (χ3n) is 4.15. The minimum Gasteiger partial charge on any atom is -0.412 e. The molecular weight excluding hydrogens is 440 g/mol. The van der Waals surface area contributed by atoms with Crippen molar-refractivity contribution in [2.45, 2.75) is 31.0 Å². The Balaban J connectivity index is -0.000000183. The van der Waals surface area contributed by atoms with Crippen molar-refractivity contribution < 1.29 is 52.4 Å². The molecule has 2 aromatic rings. The molecule has 0 radical (unpaired) electrons. The number of nitrogens with two attached hydrogens (primary N) is 1. The van der Waals surface area contributed by atoms with Gasteiger partial charge in [0.05, 0.1) is 12.0 Å². The van der Waals surface area contributed by atoms with Crippen molar-refractivity contribution >= 4 is 22.9 Å². The van der Waals surface area contributed by atoms with Gasteiger partial charge in [0.25, 0.3) is 0 Å². The molecule has 2 aromatic heterocycles. The molecule has 0 amide bonds. The molecule has 3 unspecified atom stereocenters. The highest BCUT2D eigenvalue weighted by Crippen LogP contribution is 2.41. The summed E-state index contributed by atoms with van der Waals surface area (Å²) in [6.07, 6.45) is 1.25. The van der Waals surface area contributed by atoms with Crippen molar-refractivity contribution in [3.63, 3.8) is 0 Å². The predicted octanol–water partition coefficient (Wildman–Crippen LogP) is -3.60. The Kier molecular flexibility index (Phi) is 23.4. The van der Waals surface area contributed by atoms with Crippen LogP contribution in [0.3, 0.4) is 0 Å². The zero-order valence-electron chi connectivity index (χ0n) is 17.6. The maximum absolute atomic E-state index is 10.6. The third kappa shape index (κ3) is 6.80. The van der Waals surface area contributed by atoms with E-state index in [1.807, 2.05) is 5.48 Å². The number of anilines is 1. The Morgan fingerprint density at radius 2 is 1.75 bits per heavy atom. The van der Waals surface area contributed by atoms with Crippen molar-refractivity contribution in [3.8, 4) is 0 Å². The number of aliphatic hydroxyl groups is 3. The normalized spacial score (nSPS) is 22.3. The number of aliphatic hydroxyl groups excluding tert-OH is 2. The monoisotopic (exact) mass is 478 g/mol. The standard InChI is InChI=1S/C14H18N4O5.H3NO.3H3N.4H2O/c1-3-7-4-18(12-9(7)11(17-22)15-6-16-12)13-14(2,21)10(20)8(5-19)23-13;1-2;;;;;;;/h3-4,6,8,10,13,19-22H,1,5H2,2H3,(H,15,16,17);2H,1H2;3*1H3;4*1H2/t8?,10?,13?,14-;;;;;;;;/m1......../s1. The predicted molar refractivity (Wildman–Crippen MR) is 116 cm³/mol. The van der Waals surface area contributed by atoms with Gasteiger partial charge in [-0.25, -0.2) is 15.9 Å². The van der Waals surface area contributed by atoms with E-state index in [2.05, 4.69) is 22.4 Å². The topological polar surface area (TPSA) is 410 Å². The number of hydrogen-bond donors (Lipinski definition) is 10. The Hall–Kier alpha value is -2.40. The lowest BCUT2D eigenvalue weighted by atomic mass is 9.96. The molecule has 0 saturated carbocycles. The lowest BCUT2D eigenvalue weighted by Gasteiger charge is -2.27. The molecule has 4 atom stereocenters. The first-order chi connectivity index (χ1) is 12.0. The van der Waals surface area contributed by atoms with Gasteiger partial charge >= 0.3 is 0 Å². The van der Waals surface area contributed by atoms with E-state index in [0.717, 1.165) is 0 Å². The largest absolute Gasteiger partial charge is 0.412 e. The number of rotatable bonds is 4. The molecule has 18 nitrogen and oxygen atoms in total. The van der Waals surface area contributed by atoms with Gasteiger partial charge in [-0.2, -0.15) is 0 Å². The van der Waals surface area contributed by atoms with E-state index in [1.165, 1.54) is 17.8 Å². The van der Waals surface area contributed by atoms with E-state index in [1.54, 1.807) is 12.3 Å². The maximum Gasteiger partial charge on any atom is 0.167 e. The molecule has 25 N–H and O–H groups in total. The summed E-state index contributed by atoms with van der Waals surface area (Å²) in [5.41, 5.74) is 1.34. The Bertz CT molecular complexity index is 762. The summed E-state index contributed by atoms with van der Waals surface area (Å²) >= 11 is 0. The van der Waals surface area contributed by atoms with Gasteiger partial charge in [0.15, 0.2) is 12.0 Å². The van der Waals surface area contributed by atoms with E-state index < -0.39 is 30.6 Å². The van der Waals surface area contributed by atoms with Crippen LogP contribution < -0.4 is 29.8 Å². The van der Waals surface area contributed by atoms with Gasteiger partial charge in [-0.1, -0.05) is 12.7 Å². The lowest BCUT2D eigenvalue weighted by Crippen LogP contribution is -2.44. The molecule has 0 aliphatic carbocycles. The molecule has 194 valence electrons. The zero-order valence-corrected chi connectivity index (χ0v) is 17.6. The number of fused-ring (bicyclic) bond motifs is 1. The van der Waals surface area contributed by atoms with Crippen molar-refractivity contribution in [1.82, 2.24) is 33.0 Å². The third-order valence-corrected chi connectivity index (χ3v) is 4.15. The van der Waals surface area contributed by atoms with Crippen LogP contribution in [0.1, 0.15) is 18.7 Å². The Labute approximate surface area is 182 Å². The van der Waals surface area contributed by atoms with Crippen LogP contribution in [0.4, 0.5) is 5.82 Å². The molecule has 32 heavy (non-hydrogen) atoms. The van der Waals surface area contributed by atoms with E-state index >= 15 is 0 Å². The number of aromatic nitrogens is 3. The number of nitrogens with zero attached hydrogens (tertiary/aromatic N) is 3. The summed E-state index contributed by atoms with van der Waals surface area (Å²) in [5, 5.41) is 46.2. The number of nitrogens with one attached hydrogen (secondary N) is 1. The van der Waals surface area contributed by atoms with Gasteiger partial charge in [-0.3, -0.25) is 10.7 Å². The molecule has 0 spiro atoms. The summed E-state index contributed by atoms with van der Waals surface area (Å²) in [4.78, 5) is 8.09. The van der Waals surface area contributed by atoms with Crippen molar-refractivity contribution in [1.29, 1.82) is 0 Å². The number of ether oxygens (including phenoxy) is 1. The molecule has 3 rings (SSSR count). The van der Waals surface area contributed by atoms with Crippen LogP contribution in [-0.4, -0.2) is 86.6 Å². The van der Waals surface area contributed by atoms with Gasteiger partial charge in [0.1, 0.15) is 29.8 Å². The molecule has 1 aliphatic heterocycles. The number of hydrogen-bond acceptors (Lipinski definition) is 13. The Morgan fingerprint density at radius 3 is 2.16 bits per heavy atom. The second-order valence-electron chi connectivity index (χ2n) is 5.61. The second-order valence-corrected chi connectivity index (χ2v) is 5.61. The first-order valence-corrected chi connectivity index (χ1v) is 7.26. The van der Waals surface area contributed by atoms with Gasteiger partial charge in [0, 0.05) is 11.8 Å². The maximum atomic E-state index is 10.6. The van der Waals surface area contributed by atoms with E-state index in [9.17, 15) is 20.5 Å². The van der Waals surface area contributed by atoms with Crippen LogP contribution >= 0.6 is 0 Å². The zero-order chi connectivity index (χ0) is 18.8. The van der Waals surface area contributed by atoms with Gasteiger partial charge in [-0.05, 0) is 6.92 Å². The second kappa shape index (κ2) is 17.2. The van der Waals surface area contributed by atoms with Crippen LogP contribution in [0, 0.1) is 0 Å². The molecule has 18 heteroatoms. The average molecular weight is 479 g/mol. The lowest BCUT2D eigenvalue weighted by molar-refractivity contribution is -0.0948. The SMILES string of the molecule is C=Cc1cn(C2OC(CO)C(O)[C@@]2(C)O)c2ncnc(NO)c12.N.N.N.NO.O.O.O.O. The summed E-state index contributed by atoms with van der Waals surface area (Å²) < 4.78 is 7.12. The highest BCUT2D eigenvalue weighted by atomic mass is 16.6. The highest BCUT2D eigenvalue weighted by Gasteiger charge is 2.53. The molecule has 1 fully saturated rings. The van der Waals surface area contributed by atoms with Crippen LogP contribution in [-0.2, 0) is 4.74 Å². The fourth-order valence-electron chi connectivity index (χ4n) is 2.92. The highest BCUT2D eigenvalue weighted by molar-refractivity contribution is 5.95. The van der Waals surface area contributed by atoms with Gasteiger partial charge < -0.3 is 70.2 Å². The van der Waals surface area contributed by atoms with Crippen LogP contribution in [0.25, 0.3) is 17.1 Å². The minimum absolute atomic E-state index is 0. The average Bonchev–Trinajstić information content (AvgIpc) is 3.12. The minimum atomic E-state index is -1.64. The molecular formula is C14H38N8O10. The van der Waals surface area contributed by atoms with Crippen LogP contribution in [0.2, 0.25) is 0 Å². The summed E-state index contributed by atoms with van der Waals surface area (Å²) in [6, 6.07) is 0. The summed E-state index contributed by atoms with van der Waals surface area (Å²) in [6.45, 7) is 4.70. The fourth-order valence-corrected chi connectivity index (χ4v) is 2.92. The summed E-state index contributed by atoms with van der Waals surface area (Å²) in [7, 11) is 0. The Morgan fingerprint density at radius 1 is 1.22 bits per heavy atom. The summed E-state index contributed by atoms with van der Waals surface area (Å²) in [5.74, 6) is 3.68. The van der Waals surface area contributed by atoms with Gasteiger partial charge in [-0.15, -0.1) is 0 Å². The molecule has 0 aromatic carbocycles. The molecule has 1 saturated heterocycles. The van der Waals surface area contributed by atoms with Crippen LogP contribution in [0.5, 0.6) is 0 Å². The first-order valence-electron chi connectivity index (χ1n) is 7.26. The van der Waals surface area contributed by atoms with E-state index in [-0.39, 0.29) is 46.2 Å². The van der Waals surface area contributed by atoms with Crippen molar-refractivity contribution in [2.24, 2.45) is 5.90 Å². The smallest absolute Gasteiger partial charge is 0.167 e. The van der Waals surface area contributed by atoms with E-state index in [0.29, 0.717) is 16.6 Å². The first kappa shape index (κ1) is 43.5.